The Hall–Kier alpha value is -1.85. The first-order valence-electron chi connectivity index (χ1n) is 4.92. The van der Waals surface area contributed by atoms with E-state index in [9.17, 15) is 13.6 Å². The predicted molar refractivity (Wildman–Crippen MR) is 58.2 cm³/mol. The van der Waals surface area contributed by atoms with Crippen molar-refractivity contribution in [1.29, 1.82) is 0 Å². The molecule has 0 bridgehead atoms. The molecular formula is C11H13F2NO3. The van der Waals surface area contributed by atoms with Crippen LogP contribution < -0.4 is 10.1 Å². The number of hydrogen-bond donors (Lipinski definition) is 1. The number of rotatable bonds is 5. The predicted octanol–water partition coefficient (Wildman–Crippen LogP) is 2.26. The molecule has 1 unspecified atom stereocenters. The fourth-order valence-electron chi connectivity index (χ4n) is 1.25. The number of halogens is 2. The molecule has 1 rings (SSSR count). The van der Waals surface area contributed by atoms with E-state index in [0.29, 0.717) is 5.69 Å². The molecule has 4 nitrogen and oxygen atoms in total. The van der Waals surface area contributed by atoms with Crippen LogP contribution in [0.1, 0.15) is 6.92 Å². The van der Waals surface area contributed by atoms with Gasteiger partial charge in [0.2, 0.25) is 0 Å². The molecule has 6 heteroatoms. The summed E-state index contributed by atoms with van der Waals surface area (Å²) in [5, 5.41) is 2.73. The highest BCUT2D eigenvalue weighted by molar-refractivity contribution is 5.79. The van der Waals surface area contributed by atoms with E-state index in [1.165, 1.54) is 19.2 Å². The number of carbonyl (C=O) groups is 1. The molecule has 0 heterocycles. The molecule has 1 N–H and O–H groups in total. The minimum Gasteiger partial charge on any atom is -0.467 e. The van der Waals surface area contributed by atoms with Gasteiger partial charge in [0.05, 0.1) is 12.8 Å². The maximum atomic E-state index is 12.1. The first kappa shape index (κ1) is 13.2. The van der Waals surface area contributed by atoms with Gasteiger partial charge in [0, 0.05) is 0 Å². The summed E-state index contributed by atoms with van der Waals surface area (Å²) < 4.78 is 33.1. The minimum absolute atomic E-state index is 0.0155. The lowest BCUT2D eigenvalue weighted by Crippen LogP contribution is -2.27. The summed E-state index contributed by atoms with van der Waals surface area (Å²) in [5.41, 5.74) is 0.311. The number of hydrogen-bond acceptors (Lipinski definition) is 4. The third kappa shape index (κ3) is 3.90. The zero-order chi connectivity index (χ0) is 12.8. The van der Waals surface area contributed by atoms with Crippen LogP contribution in [-0.4, -0.2) is 25.7 Å². The van der Waals surface area contributed by atoms with Crippen LogP contribution in [0.4, 0.5) is 14.5 Å². The number of alkyl halides is 2. The third-order valence-electron chi connectivity index (χ3n) is 2.03. The molecule has 94 valence electrons. The summed E-state index contributed by atoms with van der Waals surface area (Å²) >= 11 is 0. The average Bonchev–Trinajstić information content (AvgIpc) is 2.29. The summed E-state index contributed by atoms with van der Waals surface area (Å²) in [5.74, 6) is -0.505. The highest BCUT2D eigenvalue weighted by Crippen LogP contribution is 2.26. The molecule has 0 aliphatic rings. The van der Waals surface area contributed by atoms with Crippen LogP contribution in [0.15, 0.2) is 24.3 Å². The van der Waals surface area contributed by atoms with Crippen LogP contribution in [-0.2, 0) is 9.53 Å². The van der Waals surface area contributed by atoms with Gasteiger partial charge in [0.25, 0.3) is 0 Å². The second-order valence-corrected chi connectivity index (χ2v) is 3.26. The van der Waals surface area contributed by atoms with Gasteiger partial charge >= 0.3 is 12.6 Å². The van der Waals surface area contributed by atoms with E-state index in [1.54, 1.807) is 19.1 Å². The smallest absolute Gasteiger partial charge is 0.387 e. The normalized spacial score (nSPS) is 12.1. The Balaban J connectivity index is 2.79. The number of methoxy groups -OCH3 is 1. The van der Waals surface area contributed by atoms with Crippen LogP contribution >= 0.6 is 0 Å². The van der Waals surface area contributed by atoms with Gasteiger partial charge in [-0.05, 0) is 19.1 Å². The standard InChI is InChI=1S/C11H13F2NO3/c1-7(10(15)16-2)14-8-5-3-4-6-9(8)17-11(12)13/h3-7,11,14H,1-2H3. The lowest BCUT2D eigenvalue weighted by atomic mass is 10.2. The summed E-state index contributed by atoms with van der Waals surface area (Å²) in [6.07, 6.45) is 0. The molecule has 0 amide bonds. The molecule has 17 heavy (non-hydrogen) atoms. The number of carbonyl (C=O) groups excluding carboxylic acids is 1. The highest BCUT2D eigenvalue weighted by atomic mass is 19.3. The van der Waals surface area contributed by atoms with Crippen LogP contribution in [0, 0.1) is 0 Å². The van der Waals surface area contributed by atoms with Crippen LogP contribution in [0.5, 0.6) is 5.75 Å². The van der Waals surface area contributed by atoms with Crippen molar-refractivity contribution in [1.82, 2.24) is 0 Å². The molecule has 0 saturated carbocycles. The van der Waals surface area contributed by atoms with Crippen LogP contribution in [0.2, 0.25) is 0 Å². The summed E-state index contributed by atoms with van der Waals surface area (Å²) in [6.45, 7) is -1.35. The van der Waals surface area contributed by atoms with Crippen molar-refractivity contribution in [3.8, 4) is 5.75 Å². The van der Waals surface area contributed by atoms with Crippen LogP contribution in [0.25, 0.3) is 0 Å². The van der Waals surface area contributed by atoms with Gasteiger partial charge in [-0.2, -0.15) is 8.78 Å². The monoisotopic (exact) mass is 245 g/mol. The SMILES string of the molecule is COC(=O)C(C)Nc1ccccc1OC(F)F. The van der Waals surface area contributed by atoms with E-state index in [1.807, 2.05) is 0 Å². The molecule has 1 aromatic rings. The van der Waals surface area contributed by atoms with E-state index in [0.717, 1.165) is 0 Å². The van der Waals surface area contributed by atoms with Gasteiger partial charge < -0.3 is 14.8 Å². The van der Waals surface area contributed by atoms with E-state index < -0.39 is 18.6 Å². The van der Waals surface area contributed by atoms with Crippen molar-refractivity contribution < 1.29 is 23.0 Å². The number of ether oxygens (including phenoxy) is 2. The van der Waals surface area contributed by atoms with Gasteiger partial charge in [-0.1, -0.05) is 12.1 Å². The molecule has 0 aromatic heterocycles. The van der Waals surface area contributed by atoms with Gasteiger partial charge in [0.1, 0.15) is 11.8 Å². The van der Waals surface area contributed by atoms with E-state index in [4.69, 9.17) is 0 Å². The van der Waals surface area contributed by atoms with Crippen molar-refractivity contribution >= 4 is 11.7 Å². The summed E-state index contributed by atoms with van der Waals surface area (Å²) in [7, 11) is 1.25. The Bertz CT molecular complexity index is 385. The van der Waals surface area contributed by atoms with Crippen molar-refractivity contribution in [2.75, 3.05) is 12.4 Å². The van der Waals surface area contributed by atoms with E-state index in [-0.39, 0.29) is 5.75 Å². The molecule has 1 atom stereocenters. The van der Waals surface area contributed by atoms with Gasteiger partial charge in [0.15, 0.2) is 0 Å². The molecule has 0 fully saturated rings. The second kappa shape index (κ2) is 6.03. The molecule has 0 aliphatic carbocycles. The van der Waals surface area contributed by atoms with E-state index in [2.05, 4.69) is 14.8 Å². The fourth-order valence-corrected chi connectivity index (χ4v) is 1.25. The maximum absolute atomic E-state index is 12.1. The van der Waals surface area contributed by atoms with Crippen LogP contribution in [0.3, 0.4) is 0 Å². The Morgan fingerprint density at radius 2 is 2.00 bits per heavy atom. The lowest BCUT2D eigenvalue weighted by molar-refractivity contribution is -0.141. The first-order chi connectivity index (χ1) is 8.04. The minimum atomic E-state index is -2.91. The number of nitrogens with one attached hydrogen (secondary N) is 1. The Labute approximate surface area is 97.5 Å². The quantitative estimate of drug-likeness (QED) is 0.808. The molecule has 0 spiro atoms. The number of anilines is 1. The van der Waals surface area contributed by atoms with E-state index >= 15 is 0 Å². The Morgan fingerprint density at radius 3 is 2.59 bits per heavy atom. The topological polar surface area (TPSA) is 47.6 Å². The van der Waals surface area contributed by atoms with Gasteiger partial charge in [-0.15, -0.1) is 0 Å². The summed E-state index contributed by atoms with van der Waals surface area (Å²) in [6, 6.07) is 5.48. The zero-order valence-electron chi connectivity index (χ0n) is 9.44. The van der Waals surface area contributed by atoms with Crippen molar-refractivity contribution in [3.05, 3.63) is 24.3 Å². The average molecular weight is 245 g/mol. The largest absolute Gasteiger partial charge is 0.467 e. The molecular weight excluding hydrogens is 232 g/mol. The number of para-hydroxylation sites is 2. The second-order valence-electron chi connectivity index (χ2n) is 3.26. The molecule has 1 aromatic carbocycles. The fraction of sp³-hybridized carbons (Fsp3) is 0.364. The van der Waals surface area contributed by atoms with Gasteiger partial charge in [-0.25, -0.2) is 4.79 Å². The molecule has 0 aliphatic heterocycles. The zero-order valence-corrected chi connectivity index (χ0v) is 9.44. The maximum Gasteiger partial charge on any atom is 0.387 e. The van der Waals surface area contributed by atoms with Crippen molar-refractivity contribution in [2.45, 2.75) is 19.6 Å². The number of benzene rings is 1. The Kier molecular flexibility index (Phi) is 4.68. The lowest BCUT2D eigenvalue weighted by Gasteiger charge is -2.16. The Morgan fingerprint density at radius 1 is 1.35 bits per heavy atom. The number of esters is 1. The summed E-state index contributed by atoms with van der Waals surface area (Å²) in [4.78, 5) is 11.2. The third-order valence-corrected chi connectivity index (χ3v) is 2.03. The first-order valence-corrected chi connectivity index (χ1v) is 4.92. The molecule has 0 saturated heterocycles. The van der Waals surface area contributed by atoms with Crippen molar-refractivity contribution in [3.63, 3.8) is 0 Å². The van der Waals surface area contributed by atoms with Crippen molar-refractivity contribution in [2.24, 2.45) is 0 Å². The van der Waals surface area contributed by atoms with Gasteiger partial charge in [-0.3, -0.25) is 0 Å². The molecule has 0 radical (unpaired) electrons. The highest BCUT2D eigenvalue weighted by Gasteiger charge is 2.16.